The molecule has 2 aromatic heterocycles. The lowest BCUT2D eigenvalue weighted by atomic mass is 10.1. The minimum absolute atomic E-state index is 0.116. The first-order valence-electron chi connectivity index (χ1n) is 9.63. The van der Waals surface area contributed by atoms with Crippen LogP contribution in [0.2, 0.25) is 10.0 Å². The van der Waals surface area contributed by atoms with E-state index in [0.717, 1.165) is 38.8 Å². The molecule has 158 valence electrons. The number of aromatic nitrogens is 3. The van der Waals surface area contributed by atoms with Crippen LogP contribution in [0.15, 0.2) is 53.6 Å². The molecule has 0 saturated carbocycles. The average molecular weight is 471 g/mol. The van der Waals surface area contributed by atoms with Crippen molar-refractivity contribution in [3.05, 3.63) is 75.5 Å². The number of halogens is 2. The number of amides is 1. The number of hydrogen-bond donors (Lipinski definition) is 1. The van der Waals surface area contributed by atoms with Gasteiger partial charge in [-0.2, -0.15) is 5.10 Å². The minimum atomic E-state index is -0.116. The lowest BCUT2D eigenvalue weighted by Crippen LogP contribution is -2.14. The number of aryl methyl sites for hydroxylation is 3. The number of hydrogen-bond acceptors (Lipinski definition) is 4. The Morgan fingerprint density at radius 1 is 1.06 bits per heavy atom. The van der Waals surface area contributed by atoms with Crippen LogP contribution in [-0.2, 0) is 4.79 Å². The van der Waals surface area contributed by atoms with Gasteiger partial charge in [-0.05, 0) is 62.2 Å². The van der Waals surface area contributed by atoms with Gasteiger partial charge in [-0.1, -0.05) is 53.2 Å². The normalized spacial score (nSPS) is 11.1. The second-order valence-electron chi connectivity index (χ2n) is 7.24. The van der Waals surface area contributed by atoms with E-state index < -0.39 is 0 Å². The number of thioether (sulfide) groups is 1. The Labute approximate surface area is 194 Å². The highest BCUT2D eigenvalue weighted by atomic mass is 35.5. The monoisotopic (exact) mass is 470 g/mol. The van der Waals surface area contributed by atoms with Gasteiger partial charge < -0.3 is 5.32 Å². The molecule has 0 aliphatic heterocycles. The third-order valence-electron chi connectivity index (χ3n) is 4.80. The van der Waals surface area contributed by atoms with Crippen molar-refractivity contribution in [3.63, 3.8) is 0 Å². The van der Waals surface area contributed by atoms with Crippen molar-refractivity contribution >= 4 is 52.2 Å². The Balaban J connectivity index is 1.59. The maximum absolute atomic E-state index is 12.5. The van der Waals surface area contributed by atoms with Crippen LogP contribution in [0, 0.1) is 20.8 Å². The Kier molecular flexibility index (Phi) is 6.23. The zero-order valence-corrected chi connectivity index (χ0v) is 19.6. The third kappa shape index (κ3) is 4.71. The van der Waals surface area contributed by atoms with Gasteiger partial charge >= 0.3 is 0 Å². The van der Waals surface area contributed by atoms with Crippen LogP contribution in [0.3, 0.4) is 0 Å². The summed E-state index contributed by atoms with van der Waals surface area (Å²) >= 11 is 13.6. The summed E-state index contributed by atoms with van der Waals surface area (Å²) in [7, 11) is 0. The van der Waals surface area contributed by atoms with Crippen molar-refractivity contribution in [2.75, 3.05) is 11.1 Å². The van der Waals surface area contributed by atoms with Gasteiger partial charge in [0.1, 0.15) is 5.03 Å². The van der Waals surface area contributed by atoms with Crippen LogP contribution in [-0.4, -0.2) is 26.3 Å². The first-order chi connectivity index (χ1) is 14.8. The number of nitrogens with zero attached hydrogens (tertiary/aromatic N) is 3. The fourth-order valence-electron chi connectivity index (χ4n) is 3.28. The SMILES string of the molecule is Cc1cc(SCC(=O)Nc2ccc(C)c(Cl)c2)n2nc(C)c(-c3ccc(Cl)cc3)c2n1. The summed E-state index contributed by atoms with van der Waals surface area (Å²) < 4.78 is 1.80. The van der Waals surface area contributed by atoms with E-state index in [2.05, 4.69) is 10.4 Å². The molecule has 0 unspecified atom stereocenters. The molecule has 0 aliphatic carbocycles. The molecule has 0 atom stereocenters. The van der Waals surface area contributed by atoms with Crippen molar-refractivity contribution in [2.24, 2.45) is 0 Å². The van der Waals surface area contributed by atoms with Gasteiger partial charge in [0.2, 0.25) is 5.91 Å². The average Bonchev–Trinajstić information content (AvgIpc) is 3.05. The number of nitrogens with one attached hydrogen (secondary N) is 1. The lowest BCUT2D eigenvalue weighted by Gasteiger charge is -2.09. The van der Waals surface area contributed by atoms with Crippen LogP contribution < -0.4 is 5.32 Å². The molecule has 1 N–H and O–H groups in total. The highest BCUT2D eigenvalue weighted by Crippen LogP contribution is 2.31. The molecule has 8 heteroatoms. The Bertz CT molecular complexity index is 1290. The number of rotatable bonds is 5. The second kappa shape index (κ2) is 8.91. The number of carbonyl (C=O) groups is 1. The van der Waals surface area contributed by atoms with Crippen molar-refractivity contribution in [2.45, 2.75) is 25.8 Å². The summed E-state index contributed by atoms with van der Waals surface area (Å²) in [5.41, 5.74) is 6.08. The quantitative estimate of drug-likeness (QED) is 0.272. The molecule has 0 aliphatic rings. The van der Waals surface area contributed by atoms with Gasteiger partial charge in [0.15, 0.2) is 5.65 Å². The molecule has 4 aromatic rings. The maximum atomic E-state index is 12.5. The zero-order valence-electron chi connectivity index (χ0n) is 17.2. The van der Waals surface area contributed by atoms with Crippen LogP contribution in [0.1, 0.15) is 17.0 Å². The van der Waals surface area contributed by atoms with Crippen LogP contribution >= 0.6 is 35.0 Å². The van der Waals surface area contributed by atoms with Gasteiger partial charge in [-0.25, -0.2) is 9.50 Å². The largest absolute Gasteiger partial charge is 0.325 e. The molecule has 4 rings (SSSR count). The van der Waals surface area contributed by atoms with E-state index in [1.165, 1.54) is 11.8 Å². The predicted octanol–water partition coefficient (Wildman–Crippen LogP) is 6.36. The zero-order chi connectivity index (χ0) is 22.1. The molecule has 2 aromatic carbocycles. The van der Waals surface area contributed by atoms with Crippen molar-refractivity contribution in [3.8, 4) is 11.1 Å². The molecular weight excluding hydrogens is 451 g/mol. The Hall–Kier alpha value is -2.54. The van der Waals surface area contributed by atoms with E-state index in [4.69, 9.17) is 28.2 Å². The van der Waals surface area contributed by atoms with Gasteiger partial charge in [0.25, 0.3) is 0 Å². The molecule has 0 spiro atoms. The minimum Gasteiger partial charge on any atom is -0.325 e. The first kappa shape index (κ1) is 21.7. The molecule has 0 radical (unpaired) electrons. The number of benzene rings is 2. The van der Waals surface area contributed by atoms with Crippen LogP contribution in [0.25, 0.3) is 16.8 Å². The molecule has 5 nitrogen and oxygen atoms in total. The smallest absolute Gasteiger partial charge is 0.234 e. The van der Waals surface area contributed by atoms with E-state index in [-0.39, 0.29) is 11.7 Å². The number of fused-ring (bicyclic) bond motifs is 1. The standard InChI is InChI=1S/C23H20Cl2N4OS/c1-13-4-9-18(11-19(13)25)27-20(30)12-31-21-10-14(2)26-23-22(15(3)28-29(21)23)16-5-7-17(24)8-6-16/h4-11H,12H2,1-3H3,(H,27,30). The fourth-order valence-corrected chi connectivity index (χ4v) is 4.44. The first-order valence-corrected chi connectivity index (χ1v) is 11.4. The molecule has 1 amide bonds. The highest BCUT2D eigenvalue weighted by molar-refractivity contribution is 7.99. The van der Waals surface area contributed by atoms with Gasteiger partial charge in [0.05, 0.1) is 11.4 Å². The van der Waals surface area contributed by atoms with Gasteiger partial charge in [-0.15, -0.1) is 0 Å². The molecule has 0 saturated heterocycles. The molecule has 0 fully saturated rings. The second-order valence-corrected chi connectivity index (χ2v) is 9.08. The van der Waals surface area contributed by atoms with E-state index in [0.29, 0.717) is 15.7 Å². The summed E-state index contributed by atoms with van der Waals surface area (Å²) in [6, 6.07) is 15.0. The number of carbonyl (C=O) groups excluding carboxylic acids is 1. The van der Waals surface area contributed by atoms with Crippen molar-refractivity contribution < 1.29 is 4.79 Å². The van der Waals surface area contributed by atoms with E-state index >= 15 is 0 Å². The Morgan fingerprint density at radius 3 is 2.52 bits per heavy atom. The lowest BCUT2D eigenvalue weighted by molar-refractivity contribution is -0.113. The molecule has 0 bridgehead atoms. The predicted molar refractivity (Wildman–Crippen MR) is 128 cm³/mol. The highest BCUT2D eigenvalue weighted by Gasteiger charge is 2.17. The summed E-state index contributed by atoms with van der Waals surface area (Å²) in [4.78, 5) is 17.2. The van der Waals surface area contributed by atoms with Gasteiger partial charge in [0, 0.05) is 27.0 Å². The topological polar surface area (TPSA) is 59.3 Å². The summed E-state index contributed by atoms with van der Waals surface area (Å²) in [6.45, 7) is 5.81. The van der Waals surface area contributed by atoms with Crippen molar-refractivity contribution in [1.29, 1.82) is 0 Å². The Morgan fingerprint density at radius 2 is 1.81 bits per heavy atom. The molecular formula is C23H20Cl2N4OS. The van der Waals surface area contributed by atoms with E-state index in [1.807, 2.05) is 63.2 Å². The van der Waals surface area contributed by atoms with Gasteiger partial charge in [-0.3, -0.25) is 4.79 Å². The van der Waals surface area contributed by atoms with Crippen molar-refractivity contribution in [1.82, 2.24) is 14.6 Å². The maximum Gasteiger partial charge on any atom is 0.234 e. The van der Waals surface area contributed by atoms with Crippen LogP contribution in [0.5, 0.6) is 0 Å². The summed E-state index contributed by atoms with van der Waals surface area (Å²) in [5, 5.41) is 9.73. The summed E-state index contributed by atoms with van der Waals surface area (Å²) in [5.74, 6) is 0.119. The van der Waals surface area contributed by atoms with E-state index in [9.17, 15) is 4.79 Å². The summed E-state index contributed by atoms with van der Waals surface area (Å²) in [6.07, 6.45) is 0. The fraction of sp³-hybridized carbons (Fsp3) is 0.174. The molecule has 2 heterocycles. The molecule has 31 heavy (non-hydrogen) atoms. The van der Waals surface area contributed by atoms with Crippen LogP contribution in [0.4, 0.5) is 5.69 Å². The van der Waals surface area contributed by atoms with E-state index in [1.54, 1.807) is 10.6 Å². The third-order valence-corrected chi connectivity index (χ3v) is 6.45. The number of anilines is 1.